The van der Waals surface area contributed by atoms with Gasteiger partial charge in [0.05, 0.1) is 18.1 Å². The van der Waals surface area contributed by atoms with Crippen molar-refractivity contribution in [2.75, 3.05) is 31.2 Å². The Bertz CT molecular complexity index is 906. The molecule has 28 heavy (non-hydrogen) atoms. The molecule has 1 atom stereocenters. The zero-order valence-corrected chi connectivity index (χ0v) is 17.5. The van der Waals surface area contributed by atoms with Crippen molar-refractivity contribution < 1.29 is 17.9 Å². The van der Waals surface area contributed by atoms with Crippen LogP contribution in [0.15, 0.2) is 34.5 Å². The summed E-state index contributed by atoms with van der Waals surface area (Å²) in [6.45, 7) is 6.84. The number of morpholine rings is 1. The Balaban J connectivity index is 1.61. The van der Waals surface area contributed by atoms with E-state index in [1.54, 1.807) is 17.5 Å². The first-order valence-corrected chi connectivity index (χ1v) is 11.5. The van der Waals surface area contributed by atoms with Gasteiger partial charge in [-0.2, -0.15) is 0 Å². The normalized spacial score (nSPS) is 16.0. The number of nitrogens with one attached hydrogen (secondary N) is 2. The first-order valence-electron chi connectivity index (χ1n) is 9.11. The lowest BCUT2D eigenvalue weighted by molar-refractivity contribution is 0.0940. The lowest BCUT2D eigenvalue weighted by atomic mass is 9.99. The van der Waals surface area contributed by atoms with E-state index in [1.807, 2.05) is 4.90 Å². The van der Waals surface area contributed by atoms with E-state index in [-0.39, 0.29) is 10.6 Å². The number of aromatic nitrogens is 1. The monoisotopic (exact) mass is 424 g/mol. The maximum Gasteiger partial charge on any atom is 0.285 e. The van der Waals surface area contributed by atoms with E-state index in [9.17, 15) is 13.2 Å². The average Bonchev–Trinajstić information content (AvgIpc) is 3.22. The van der Waals surface area contributed by atoms with Crippen LogP contribution in [0, 0.1) is 0 Å². The van der Waals surface area contributed by atoms with Crippen LogP contribution in [0.5, 0.6) is 0 Å². The highest BCUT2D eigenvalue weighted by Crippen LogP contribution is 2.22. The minimum absolute atomic E-state index is 0.0899. The summed E-state index contributed by atoms with van der Waals surface area (Å²) >= 11 is 1.34. The third-order valence-corrected chi connectivity index (χ3v) is 6.84. The summed E-state index contributed by atoms with van der Waals surface area (Å²) in [5.74, 6) is -0.245. The molecule has 1 aliphatic heterocycles. The van der Waals surface area contributed by atoms with Crippen molar-refractivity contribution >= 4 is 32.4 Å². The highest BCUT2D eigenvalue weighted by Gasteiger charge is 2.20. The Morgan fingerprint density at radius 3 is 2.61 bits per heavy atom. The molecule has 1 saturated heterocycles. The summed E-state index contributed by atoms with van der Waals surface area (Å²) in [4.78, 5) is 20.8. The van der Waals surface area contributed by atoms with E-state index < -0.39 is 15.9 Å². The molecule has 1 fully saturated rings. The van der Waals surface area contributed by atoms with Crippen LogP contribution >= 0.6 is 11.3 Å². The lowest BCUT2D eigenvalue weighted by Gasteiger charge is -2.25. The Morgan fingerprint density at radius 2 is 1.96 bits per heavy atom. The van der Waals surface area contributed by atoms with Gasteiger partial charge in [-0.25, -0.2) is 13.4 Å². The van der Waals surface area contributed by atoms with Gasteiger partial charge in [0.2, 0.25) is 0 Å². The van der Waals surface area contributed by atoms with Crippen molar-refractivity contribution in [3.05, 3.63) is 40.9 Å². The van der Waals surface area contributed by atoms with E-state index in [0.717, 1.165) is 17.1 Å². The predicted molar refractivity (Wildman–Crippen MR) is 108 cm³/mol. The van der Waals surface area contributed by atoms with Crippen LogP contribution in [0.1, 0.15) is 42.2 Å². The van der Waals surface area contributed by atoms with E-state index in [1.165, 1.54) is 23.5 Å². The Kier molecular flexibility index (Phi) is 6.65. The molecule has 10 heteroatoms. The molecule has 3 rings (SSSR count). The minimum atomic E-state index is -3.86. The number of anilines is 1. The van der Waals surface area contributed by atoms with Gasteiger partial charge in [0.1, 0.15) is 5.69 Å². The molecule has 0 radical (unpaired) electrons. The smallest absolute Gasteiger partial charge is 0.285 e. The topological polar surface area (TPSA) is 101 Å². The second-order valence-corrected chi connectivity index (χ2v) is 9.07. The van der Waals surface area contributed by atoms with Crippen molar-refractivity contribution in [2.45, 2.75) is 31.1 Å². The fraction of sp³-hybridized carbons (Fsp3) is 0.444. The van der Waals surface area contributed by atoms with Gasteiger partial charge in [0, 0.05) is 18.5 Å². The van der Waals surface area contributed by atoms with E-state index in [0.29, 0.717) is 32.2 Å². The predicted octanol–water partition coefficient (Wildman–Crippen LogP) is 2.12. The average molecular weight is 425 g/mol. The number of benzene rings is 1. The molecule has 0 unspecified atom stereocenters. The third-order valence-electron chi connectivity index (χ3n) is 4.68. The lowest BCUT2D eigenvalue weighted by Crippen LogP contribution is -2.41. The fourth-order valence-corrected chi connectivity index (χ4v) is 4.41. The van der Waals surface area contributed by atoms with E-state index in [4.69, 9.17) is 4.74 Å². The molecule has 0 saturated carbocycles. The second kappa shape index (κ2) is 8.99. The number of sulfonamides is 1. The summed E-state index contributed by atoms with van der Waals surface area (Å²) in [5, 5.41) is 2.33. The first kappa shape index (κ1) is 20.7. The molecule has 8 nitrogen and oxygen atoms in total. The molecule has 0 aliphatic carbocycles. The van der Waals surface area contributed by atoms with Crippen molar-refractivity contribution in [1.29, 1.82) is 0 Å². The Labute approximate surface area is 168 Å². The van der Waals surface area contributed by atoms with Gasteiger partial charge in [-0.15, -0.1) is 16.2 Å². The summed E-state index contributed by atoms with van der Waals surface area (Å²) in [6.07, 6.45) is 0.973. The van der Waals surface area contributed by atoms with Crippen molar-refractivity contribution in [3.63, 3.8) is 0 Å². The SMILES string of the molecule is CC[C@@H](C)c1ccc(S(=O)(=O)NNC(=O)c2csc(N3CCOCC3)n2)cc1. The number of hydrazine groups is 1. The first-order chi connectivity index (χ1) is 13.4. The zero-order valence-electron chi connectivity index (χ0n) is 15.8. The van der Waals surface area contributed by atoms with Crippen molar-refractivity contribution in [3.8, 4) is 0 Å². The van der Waals surface area contributed by atoms with Gasteiger partial charge in [-0.05, 0) is 30.0 Å². The highest BCUT2D eigenvalue weighted by molar-refractivity contribution is 7.89. The van der Waals surface area contributed by atoms with Crippen LogP contribution < -0.4 is 15.2 Å². The zero-order chi connectivity index (χ0) is 20.1. The molecule has 1 aromatic heterocycles. The maximum absolute atomic E-state index is 12.4. The van der Waals surface area contributed by atoms with Gasteiger partial charge in [0.15, 0.2) is 5.13 Å². The van der Waals surface area contributed by atoms with Crippen molar-refractivity contribution in [2.24, 2.45) is 0 Å². The Hall–Kier alpha value is -2.01. The molecule has 2 aromatic rings. The standard InChI is InChI=1S/C18H24N4O4S2/c1-3-13(2)14-4-6-15(7-5-14)28(24,25)21-20-17(23)16-12-27-18(19-16)22-8-10-26-11-9-22/h4-7,12-13,21H,3,8-11H2,1-2H3,(H,20,23)/t13-/m1/s1. The summed E-state index contributed by atoms with van der Waals surface area (Å²) < 4.78 is 30.1. The number of rotatable bonds is 7. The quantitative estimate of drug-likeness (QED) is 0.661. The van der Waals surface area contributed by atoms with Crippen LogP contribution in [0.3, 0.4) is 0 Å². The number of hydrogen-bond acceptors (Lipinski definition) is 7. The van der Waals surface area contributed by atoms with Crippen LogP contribution in [-0.4, -0.2) is 45.6 Å². The number of carbonyl (C=O) groups is 1. The minimum Gasteiger partial charge on any atom is -0.378 e. The van der Waals surface area contributed by atoms with Crippen LogP contribution in [0.4, 0.5) is 5.13 Å². The maximum atomic E-state index is 12.4. The third kappa shape index (κ3) is 4.88. The summed E-state index contributed by atoms with van der Waals surface area (Å²) in [5.41, 5.74) is 3.47. The number of amides is 1. The molecule has 2 heterocycles. The summed E-state index contributed by atoms with van der Waals surface area (Å²) in [6, 6.07) is 6.66. The van der Waals surface area contributed by atoms with Crippen LogP contribution in [0.2, 0.25) is 0 Å². The molecule has 1 aromatic carbocycles. The van der Waals surface area contributed by atoms with Gasteiger partial charge in [-0.3, -0.25) is 10.2 Å². The molecule has 2 N–H and O–H groups in total. The fourth-order valence-electron chi connectivity index (χ4n) is 2.72. The van der Waals surface area contributed by atoms with Gasteiger partial charge in [0.25, 0.3) is 15.9 Å². The molecular weight excluding hydrogens is 400 g/mol. The molecule has 0 bridgehead atoms. The van der Waals surface area contributed by atoms with Crippen LogP contribution in [0.25, 0.3) is 0 Å². The van der Waals surface area contributed by atoms with Gasteiger partial charge < -0.3 is 9.64 Å². The highest BCUT2D eigenvalue weighted by atomic mass is 32.2. The summed E-state index contributed by atoms with van der Waals surface area (Å²) in [7, 11) is -3.86. The number of nitrogens with zero attached hydrogens (tertiary/aromatic N) is 2. The van der Waals surface area contributed by atoms with Crippen molar-refractivity contribution in [1.82, 2.24) is 15.2 Å². The number of ether oxygens (including phenoxy) is 1. The molecule has 1 aliphatic rings. The second-order valence-electron chi connectivity index (χ2n) is 6.55. The number of thiazole rings is 1. The molecular formula is C18H24N4O4S2. The van der Waals surface area contributed by atoms with E-state index >= 15 is 0 Å². The van der Waals surface area contributed by atoms with Gasteiger partial charge in [-0.1, -0.05) is 26.0 Å². The van der Waals surface area contributed by atoms with Crippen LogP contribution in [-0.2, 0) is 14.8 Å². The van der Waals surface area contributed by atoms with E-state index in [2.05, 4.69) is 29.1 Å². The number of carbonyl (C=O) groups excluding carboxylic acids is 1. The molecule has 152 valence electrons. The molecule has 1 amide bonds. The van der Waals surface area contributed by atoms with Gasteiger partial charge >= 0.3 is 0 Å². The Morgan fingerprint density at radius 1 is 1.29 bits per heavy atom. The molecule has 0 spiro atoms. The largest absolute Gasteiger partial charge is 0.378 e. The number of hydrogen-bond donors (Lipinski definition) is 2.